The fraction of sp³-hybridized carbons (Fsp3) is 0.0667. The van der Waals surface area contributed by atoms with Crippen LogP contribution in [0.3, 0.4) is 0 Å². The summed E-state index contributed by atoms with van der Waals surface area (Å²) in [6.45, 7) is 1.99. The predicted octanol–water partition coefficient (Wildman–Crippen LogP) is 3.15. The van der Waals surface area contributed by atoms with Crippen LogP contribution in [0.25, 0.3) is 0 Å². The molecule has 0 saturated heterocycles. The first-order valence-corrected chi connectivity index (χ1v) is 5.96. The van der Waals surface area contributed by atoms with Crippen molar-refractivity contribution in [3.63, 3.8) is 0 Å². The zero-order chi connectivity index (χ0) is 13.5. The van der Waals surface area contributed by atoms with E-state index in [4.69, 9.17) is 0 Å². The Balaban J connectivity index is 1.89. The molecule has 0 bridgehead atoms. The average Bonchev–Trinajstić information content (AvgIpc) is 2.42. The Bertz CT molecular complexity index is 579. The highest BCUT2D eigenvalue weighted by Crippen LogP contribution is 2.04. The van der Waals surface area contributed by atoms with Gasteiger partial charge in [0.1, 0.15) is 0 Å². The SMILES string of the molecule is Cc1ccccc1/C=N\NC(=O)Nc1ccccc1. The molecule has 0 atom stereocenters. The monoisotopic (exact) mass is 253 g/mol. The summed E-state index contributed by atoms with van der Waals surface area (Å²) < 4.78 is 0. The normalized spacial score (nSPS) is 10.4. The van der Waals surface area contributed by atoms with Gasteiger partial charge in [0.2, 0.25) is 0 Å². The van der Waals surface area contributed by atoms with Crippen LogP contribution in [-0.2, 0) is 0 Å². The molecule has 0 aliphatic heterocycles. The van der Waals surface area contributed by atoms with Crippen molar-refractivity contribution >= 4 is 17.9 Å². The van der Waals surface area contributed by atoms with Crippen LogP contribution < -0.4 is 10.7 Å². The number of aryl methyl sites for hydroxylation is 1. The number of benzene rings is 2. The first kappa shape index (κ1) is 12.8. The number of hydrogen-bond acceptors (Lipinski definition) is 2. The minimum absolute atomic E-state index is 0.365. The number of nitrogens with one attached hydrogen (secondary N) is 2. The Morgan fingerprint density at radius 1 is 1.05 bits per heavy atom. The molecule has 0 aliphatic carbocycles. The van der Waals surface area contributed by atoms with Crippen molar-refractivity contribution in [2.45, 2.75) is 6.92 Å². The number of amides is 2. The summed E-state index contributed by atoms with van der Waals surface area (Å²) in [7, 11) is 0. The van der Waals surface area contributed by atoms with Gasteiger partial charge in [0.25, 0.3) is 0 Å². The summed E-state index contributed by atoms with van der Waals surface area (Å²) in [6, 6.07) is 16.7. The van der Waals surface area contributed by atoms with E-state index in [1.807, 2.05) is 61.5 Å². The second-order valence-corrected chi connectivity index (χ2v) is 4.05. The minimum atomic E-state index is -0.365. The molecule has 2 rings (SSSR count). The van der Waals surface area contributed by atoms with Crippen LogP contribution >= 0.6 is 0 Å². The van der Waals surface area contributed by atoms with Crippen molar-refractivity contribution in [2.75, 3.05) is 5.32 Å². The number of urea groups is 1. The fourth-order valence-electron chi connectivity index (χ4n) is 1.57. The van der Waals surface area contributed by atoms with Crippen LogP contribution in [0.2, 0.25) is 0 Å². The molecule has 0 radical (unpaired) electrons. The lowest BCUT2D eigenvalue weighted by atomic mass is 10.1. The predicted molar refractivity (Wildman–Crippen MR) is 77.4 cm³/mol. The Morgan fingerprint density at radius 2 is 1.74 bits per heavy atom. The number of rotatable bonds is 3. The van der Waals surface area contributed by atoms with E-state index in [1.54, 1.807) is 6.21 Å². The van der Waals surface area contributed by atoms with Crippen LogP contribution in [-0.4, -0.2) is 12.2 Å². The van der Waals surface area contributed by atoms with Gasteiger partial charge >= 0.3 is 6.03 Å². The zero-order valence-corrected chi connectivity index (χ0v) is 10.6. The standard InChI is InChI=1S/C15H15N3O/c1-12-7-5-6-8-13(12)11-16-18-15(19)17-14-9-3-2-4-10-14/h2-11H,1H3,(H2,17,18,19)/b16-11-. The lowest BCUT2D eigenvalue weighted by Crippen LogP contribution is -2.24. The Labute approximate surface area is 112 Å². The topological polar surface area (TPSA) is 53.5 Å². The number of hydrazone groups is 1. The van der Waals surface area contributed by atoms with Gasteiger partial charge in [-0.25, -0.2) is 10.2 Å². The van der Waals surface area contributed by atoms with Crippen molar-refractivity contribution in [2.24, 2.45) is 5.10 Å². The number of nitrogens with zero attached hydrogens (tertiary/aromatic N) is 1. The van der Waals surface area contributed by atoms with Gasteiger partial charge in [-0.3, -0.25) is 0 Å². The molecule has 2 aromatic carbocycles. The third-order valence-electron chi connectivity index (χ3n) is 2.59. The van der Waals surface area contributed by atoms with Crippen LogP contribution in [0.1, 0.15) is 11.1 Å². The molecule has 0 saturated carbocycles. The highest BCUT2D eigenvalue weighted by molar-refractivity contribution is 5.90. The molecule has 4 heteroatoms. The maximum Gasteiger partial charge on any atom is 0.339 e. The average molecular weight is 253 g/mol. The molecule has 96 valence electrons. The summed E-state index contributed by atoms with van der Waals surface area (Å²) in [5, 5.41) is 6.59. The van der Waals surface area contributed by atoms with E-state index in [9.17, 15) is 4.79 Å². The number of anilines is 1. The largest absolute Gasteiger partial charge is 0.339 e. The van der Waals surface area contributed by atoms with Crippen molar-refractivity contribution in [3.8, 4) is 0 Å². The third-order valence-corrected chi connectivity index (χ3v) is 2.59. The maximum absolute atomic E-state index is 11.6. The first-order valence-electron chi connectivity index (χ1n) is 5.96. The van der Waals surface area contributed by atoms with Gasteiger partial charge in [-0.05, 0) is 30.2 Å². The summed E-state index contributed by atoms with van der Waals surface area (Å²) in [6.07, 6.45) is 1.62. The van der Waals surface area contributed by atoms with E-state index >= 15 is 0 Å². The van der Waals surface area contributed by atoms with Gasteiger partial charge in [0, 0.05) is 5.69 Å². The quantitative estimate of drug-likeness (QED) is 0.640. The molecular weight excluding hydrogens is 238 g/mol. The number of carbonyl (C=O) groups excluding carboxylic acids is 1. The van der Waals surface area contributed by atoms with Crippen LogP contribution in [0, 0.1) is 6.92 Å². The van der Waals surface area contributed by atoms with Gasteiger partial charge in [-0.1, -0.05) is 42.5 Å². The fourth-order valence-corrected chi connectivity index (χ4v) is 1.57. The Kier molecular flexibility index (Phi) is 4.29. The van der Waals surface area contributed by atoms with Crippen molar-refractivity contribution in [1.82, 2.24) is 5.43 Å². The molecule has 0 unspecified atom stereocenters. The summed E-state index contributed by atoms with van der Waals surface area (Å²) in [5.74, 6) is 0. The van der Waals surface area contributed by atoms with Crippen molar-refractivity contribution in [1.29, 1.82) is 0 Å². The smallest absolute Gasteiger partial charge is 0.307 e. The highest BCUT2D eigenvalue weighted by Gasteiger charge is 1.98. The molecular formula is C15H15N3O. The van der Waals surface area contributed by atoms with Gasteiger partial charge in [0.15, 0.2) is 0 Å². The second kappa shape index (κ2) is 6.35. The van der Waals surface area contributed by atoms with Gasteiger partial charge in [-0.15, -0.1) is 0 Å². The van der Waals surface area contributed by atoms with Crippen LogP contribution in [0.5, 0.6) is 0 Å². The van der Waals surface area contributed by atoms with Gasteiger partial charge < -0.3 is 5.32 Å². The van der Waals surface area contributed by atoms with E-state index in [-0.39, 0.29) is 6.03 Å². The Morgan fingerprint density at radius 3 is 2.47 bits per heavy atom. The minimum Gasteiger partial charge on any atom is -0.307 e. The molecule has 0 heterocycles. The summed E-state index contributed by atoms with van der Waals surface area (Å²) >= 11 is 0. The van der Waals surface area contributed by atoms with E-state index < -0.39 is 0 Å². The second-order valence-electron chi connectivity index (χ2n) is 4.05. The summed E-state index contributed by atoms with van der Waals surface area (Å²) in [4.78, 5) is 11.6. The zero-order valence-electron chi connectivity index (χ0n) is 10.6. The number of para-hydroxylation sites is 1. The lowest BCUT2D eigenvalue weighted by Gasteiger charge is -2.03. The highest BCUT2D eigenvalue weighted by atomic mass is 16.2. The van der Waals surface area contributed by atoms with E-state index in [0.29, 0.717) is 0 Å². The van der Waals surface area contributed by atoms with Gasteiger partial charge in [0.05, 0.1) is 6.21 Å². The molecule has 2 N–H and O–H groups in total. The lowest BCUT2D eigenvalue weighted by molar-refractivity contribution is 0.252. The molecule has 4 nitrogen and oxygen atoms in total. The van der Waals surface area contributed by atoms with Gasteiger partial charge in [-0.2, -0.15) is 5.10 Å². The molecule has 2 amide bonds. The molecule has 0 fully saturated rings. The van der Waals surface area contributed by atoms with Crippen molar-refractivity contribution < 1.29 is 4.79 Å². The third kappa shape index (κ3) is 3.96. The maximum atomic E-state index is 11.6. The molecule has 0 aromatic heterocycles. The van der Waals surface area contributed by atoms with E-state index in [1.165, 1.54) is 0 Å². The molecule has 0 spiro atoms. The van der Waals surface area contributed by atoms with E-state index in [0.717, 1.165) is 16.8 Å². The number of carbonyl (C=O) groups is 1. The Hall–Kier alpha value is -2.62. The summed E-state index contributed by atoms with van der Waals surface area (Å²) in [5.41, 5.74) is 5.24. The van der Waals surface area contributed by atoms with Crippen LogP contribution in [0.4, 0.5) is 10.5 Å². The van der Waals surface area contributed by atoms with E-state index in [2.05, 4.69) is 15.8 Å². The van der Waals surface area contributed by atoms with Crippen molar-refractivity contribution in [3.05, 3.63) is 65.7 Å². The van der Waals surface area contributed by atoms with Crippen LogP contribution in [0.15, 0.2) is 59.7 Å². The number of hydrogen-bond donors (Lipinski definition) is 2. The first-order chi connectivity index (χ1) is 9.25. The molecule has 19 heavy (non-hydrogen) atoms. The molecule has 2 aromatic rings. The molecule has 0 aliphatic rings.